The Balaban J connectivity index is 2.12. The minimum Gasteiger partial charge on any atom is -0.369 e. The van der Waals surface area contributed by atoms with Gasteiger partial charge in [-0.05, 0) is 31.7 Å². The summed E-state index contributed by atoms with van der Waals surface area (Å²) in [6.45, 7) is 7.35. The van der Waals surface area contributed by atoms with Crippen LogP contribution in [0.5, 0.6) is 0 Å². The van der Waals surface area contributed by atoms with Gasteiger partial charge in [0.05, 0.1) is 11.7 Å². The molecule has 0 unspecified atom stereocenters. The molecule has 4 nitrogen and oxygen atoms in total. The Bertz CT molecular complexity index is 522. The lowest BCUT2D eigenvalue weighted by Crippen LogP contribution is -2.06. The fraction of sp³-hybridized carbons (Fsp3) is 0.500. The minimum absolute atomic E-state index is 0.750. The number of rotatable bonds is 5. The van der Waals surface area contributed by atoms with Crippen LogP contribution in [0.3, 0.4) is 0 Å². The van der Waals surface area contributed by atoms with E-state index in [-0.39, 0.29) is 0 Å². The average molecular weight is 244 g/mol. The quantitative estimate of drug-likeness (QED) is 0.821. The van der Waals surface area contributed by atoms with Crippen molar-refractivity contribution in [3.05, 3.63) is 24.3 Å². The fourth-order valence-corrected chi connectivity index (χ4v) is 1.95. The van der Waals surface area contributed by atoms with Gasteiger partial charge in [-0.1, -0.05) is 13.8 Å². The Morgan fingerprint density at radius 3 is 2.89 bits per heavy atom. The molecule has 96 valence electrons. The highest BCUT2D eigenvalue weighted by Crippen LogP contribution is 2.19. The number of anilines is 1. The van der Waals surface area contributed by atoms with Gasteiger partial charge < -0.3 is 5.32 Å². The predicted octanol–water partition coefficient (Wildman–Crippen LogP) is 3.18. The molecule has 0 aliphatic carbocycles. The fourth-order valence-electron chi connectivity index (χ4n) is 1.95. The Kier molecular flexibility index (Phi) is 4.07. The summed E-state index contributed by atoms with van der Waals surface area (Å²) in [5.74, 6) is 2.45. The summed E-state index contributed by atoms with van der Waals surface area (Å²) in [4.78, 5) is 12.9. The van der Waals surface area contributed by atoms with E-state index >= 15 is 0 Å². The van der Waals surface area contributed by atoms with Crippen LogP contribution in [0.15, 0.2) is 18.5 Å². The summed E-state index contributed by atoms with van der Waals surface area (Å²) in [5, 5.41) is 4.45. The molecule has 0 radical (unpaired) electrons. The highest BCUT2D eigenvalue weighted by atomic mass is 15.0. The number of nitrogens with zero attached hydrogens (tertiary/aromatic N) is 3. The van der Waals surface area contributed by atoms with Gasteiger partial charge in [0.15, 0.2) is 0 Å². The summed E-state index contributed by atoms with van der Waals surface area (Å²) in [6, 6.07) is 1.96. The predicted molar refractivity (Wildman–Crippen MR) is 74.6 cm³/mol. The van der Waals surface area contributed by atoms with Crippen LogP contribution >= 0.6 is 0 Å². The molecule has 0 aliphatic rings. The van der Waals surface area contributed by atoms with E-state index in [1.54, 1.807) is 12.4 Å². The van der Waals surface area contributed by atoms with E-state index in [1.165, 1.54) is 6.42 Å². The largest absolute Gasteiger partial charge is 0.369 e. The molecule has 18 heavy (non-hydrogen) atoms. The third kappa shape index (κ3) is 3.15. The molecule has 4 heteroatoms. The molecular weight excluding hydrogens is 224 g/mol. The highest BCUT2D eigenvalue weighted by Gasteiger charge is 2.04. The normalized spacial score (nSPS) is 11.1. The molecule has 0 aromatic carbocycles. The van der Waals surface area contributed by atoms with Gasteiger partial charge >= 0.3 is 0 Å². The van der Waals surface area contributed by atoms with Gasteiger partial charge in [0.2, 0.25) is 0 Å². The van der Waals surface area contributed by atoms with Gasteiger partial charge in [-0.25, -0.2) is 9.97 Å². The van der Waals surface area contributed by atoms with Crippen molar-refractivity contribution >= 4 is 16.7 Å². The van der Waals surface area contributed by atoms with Crippen LogP contribution in [-0.2, 0) is 0 Å². The van der Waals surface area contributed by atoms with Crippen molar-refractivity contribution in [3.63, 3.8) is 0 Å². The molecule has 2 rings (SSSR count). The van der Waals surface area contributed by atoms with Crippen LogP contribution in [0.25, 0.3) is 10.9 Å². The first kappa shape index (κ1) is 12.7. The van der Waals surface area contributed by atoms with Gasteiger partial charge in [-0.3, -0.25) is 4.98 Å². The molecule has 0 atom stereocenters. The molecule has 2 heterocycles. The second-order valence-electron chi connectivity index (χ2n) is 4.98. The van der Waals surface area contributed by atoms with E-state index in [9.17, 15) is 0 Å². The first-order valence-corrected chi connectivity index (χ1v) is 6.49. The van der Waals surface area contributed by atoms with E-state index in [4.69, 9.17) is 0 Å². The minimum atomic E-state index is 0.750. The first-order valence-electron chi connectivity index (χ1n) is 6.49. The smallest absolute Gasteiger partial charge is 0.137 e. The number of hydrogen-bond donors (Lipinski definition) is 1. The first-order chi connectivity index (χ1) is 8.66. The molecule has 0 saturated carbocycles. The van der Waals surface area contributed by atoms with E-state index in [2.05, 4.69) is 34.1 Å². The number of fused-ring (bicyclic) bond motifs is 1. The molecule has 2 aromatic heterocycles. The zero-order chi connectivity index (χ0) is 13.0. The second-order valence-corrected chi connectivity index (χ2v) is 4.98. The Labute approximate surface area is 108 Å². The van der Waals surface area contributed by atoms with Gasteiger partial charge in [0, 0.05) is 18.1 Å². The molecule has 0 bridgehead atoms. The molecule has 0 amide bonds. The average Bonchev–Trinajstić information content (AvgIpc) is 2.34. The van der Waals surface area contributed by atoms with Crippen LogP contribution in [0.1, 0.15) is 32.5 Å². The third-order valence-corrected chi connectivity index (χ3v) is 2.86. The Hall–Kier alpha value is -1.71. The van der Waals surface area contributed by atoms with Crippen molar-refractivity contribution < 1.29 is 0 Å². The summed E-state index contributed by atoms with van der Waals surface area (Å²) < 4.78 is 0. The maximum atomic E-state index is 4.47. The number of aryl methyl sites for hydroxylation is 1. The lowest BCUT2D eigenvalue weighted by atomic mass is 10.1. The van der Waals surface area contributed by atoms with Crippen molar-refractivity contribution in [2.45, 2.75) is 33.6 Å². The molecule has 0 aliphatic heterocycles. The third-order valence-electron chi connectivity index (χ3n) is 2.86. The van der Waals surface area contributed by atoms with Gasteiger partial charge in [-0.2, -0.15) is 0 Å². The summed E-state index contributed by atoms with van der Waals surface area (Å²) >= 11 is 0. The number of nitrogens with one attached hydrogen (secondary N) is 1. The monoisotopic (exact) mass is 244 g/mol. The summed E-state index contributed by atoms with van der Waals surface area (Å²) in [6.07, 6.45) is 5.95. The van der Waals surface area contributed by atoms with E-state index < -0.39 is 0 Å². The van der Waals surface area contributed by atoms with Crippen LogP contribution < -0.4 is 5.32 Å². The molecule has 0 fully saturated rings. The zero-order valence-corrected chi connectivity index (χ0v) is 11.3. The molecule has 2 aromatic rings. The van der Waals surface area contributed by atoms with Crippen molar-refractivity contribution in [1.29, 1.82) is 0 Å². The van der Waals surface area contributed by atoms with Crippen molar-refractivity contribution in [3.8, 4) is 0 Å². The van der Waals surface area contributed by atoms with Crippen LogP contribution in [-0.4, -0.2) is 21.5 Å². The lowest BCUT2D eigenvalue weighted by Gasteiger charge is -2.10. The van der Waals surface area contributed by atoms with E-state index in [0.29, 0.717) is 0 Å². The highest BCUT2D eigenvalue weighted by molar-refractivity contribution is 5.88. The topological polar surface area (TPSA) is 50.7 Å². The van der Waals surface area contributed by atoms with E-state index in [1.807, 2.05) is 13.0 Å². The maximum Gasteiger partial charge on any atom is 0.137 e. The van der Waals surface area contributed by atoms with E-state index in [0.717, 1.165) is 41.4 Å². The van der Waals surface area contributed by atoms with Crippen LogP contribution in [0.2, 0.25) is 0 Å². The number of hydrogen-bond acceptors (Lipinski definition) is 4. The Morgan fingerprint density at radius 2 is 2.11 bits per heavy atom. The Morgan fingerprint density at radius 1 is 1.28 bits per heavy atom. The summed E-state index contributed by atoms with van der Waals surface area (Å²) in [7, 11) is 0. The molecular formula is C14H20N4. The van der Waals surface area contributed by atoms with Crippen LogP contribution in [0, 0.1) is 12.8 Å². The van der Waals surface area contributed by atoms with Crippen molar-refractivity contribution in [2.75, 3.05) is 11.9 Å². The van der Waals surface area contributed by atoms with Crippen molar-refractivity contribution in [1.82, 2.24) is 15.0 Å². The second kappa shape index (κ2) is 5.76. The molecule has 0 spiro atoms. The number of pyridine rings is 1. The van der Waals surface area contributed by atoms with Crippen LogP contribution in [0.4, 0.5) is 5.82 Å². The van der Waals surface area contributed by atoms with Crippen molar-refractivity contribution in [2.24, 2.45) is 5.92 Å². The maximum absolute atomic E-state index is 4.47. The molecule has 1 N–H and O–H groups in total. The molecule has 0 saturated heterocycles. The SMILES string of the molecule is Cc1nc(NCCCC(C)C)c2ccncc2n1. The lowest BCUT2D eigenvalue weighted by molar-refractivity contribution is 0.567. The zero-order valence-electron chi connectivity index (χ0n) is 11.3. The standard InChI is InChI=1S/C14H20N4/c1-10(2)5-4-7-16-14-12-6-8-15-9-13(12)17-11(3)18-14/h6,8-10H,4-5,7H2,1-3H3,(H,16,17,18). The number of aromatic nitrogens is 3. The van der Waals surface area contributed by atoms with Gasteiger partial charge in [-0.15, -0.1) is 0 Å². The van der Waals surface area contributed by atoms with Gasteiger partial charge in [0.1, 0.15) is 11.6 Å². The summed E-state index contributed by atoms with van der Waals surface area (Å²) in [5.41, 5.74) is 0.899. The van der Waals surface area contributed by atoms with Gasteiger partial charge in [0.25, 0.3) is 0 Å².